The SMILES string of the molecule is COC(=O)Cn1cncc1C(N)CC(C)C. The van der Waals surface area contributed by atoms with Crippen molar-refractivity contribution in [3.63, 3.8) is 0 Å². The van der Waals surface area contributed by atoms with E-state index in [4.69, 9.17) is 5.73 Å². The number of aromatic nitrogens is 2. The van der Waals surface area contributed by atoms with Crippen LogP contribution in [0.3, 0.4) is 0 Å². The summed E-state index contributed by atoms with van der Waals surface area (Å²) in [7, 11) is 1.37. The van der Waals surface area contributed by atoms with Gasteiger partial charge in [-0.1, -0.05) is 13.8 Å². The molecule has 1 aromatic rings. The second-order valence-electron chi connectivity index (χ2n) is 4.26. The second-order valence-corrected chi connectivity index (χ2v) is 4.26. The molecule has 0 aliphatic heterocycles. The molecule has 0 aliphatic rings. The first-order valence-corrected chi connectivity index (χ1v) is 5.37. The Labute approximate surface area is 95.6 Å². The van der Waals surface area contributed by atoms with Crippen LogP contribution >= 0.6 is 0 Å². The lowest BCUT2D eigenvalue weighted by atomic mass is 10.0. The van der Waals surface area contributed by atoms with Gasteiger partial charge in [-0.2, -0.15) is 0 Å². The maximum atomic E-state index is 11.2. The summed E-state index contributed by atoms with van der Waals surface area (Å²) in [6.07, 6.45) is 4.18. The van der Waals surface area contributed by atoms with Crippen molar-refractivity contribution < 1.29 is 9.53 Å². The first-order chi connectivity index (χ1) is 7.54. The van der Waals surface area contributed by atoms with Crippen LogP contribution in [-0.4, -0.2) is 22.6 Å². The monoisotopic (exact) mass is 225 g/mol. The molecule has 1 unspecified atom stereocenters. The maximum absolute atomic E-state index is 11.2. The van der Waals surface area contributed by atoms with Gasteiger partial charge in [0.25, 0.3) is 0 Å². The van der Waals surface area contributed by atoms with E-state index >= 15 is 0 Å². The van der Waals surface area contributed by atoms with Crippen LogP contribution in [0.5, 0.6) is 0 Å². The van der Waals surface area contributed by atoms with E-state index in [-0.39, 0.29) is 18.6 Å². The van der Waals surface area contributed by atoms with Gasteiger partial charge in [0.15, 0.2) is 0 Å². The Morgan fingerprint density at radius 2 is 2.31 bits per heavy atom. The van der Waals surface area contributed by atoms with Crippen LogP contribution < -0.4 is 5.73 Å². The van der Waals surface area contributed by atoms with Crippen LogP contribution in [0.1, 0.15) is 32.0 Å². The van der Waals surface area contributed by atoms with E-state index in [9.17, 15) is 4.79 Å². The van der Waals surface area contributed by atoms with Crippen LogP contribution in [-0.2, 0) is 16.1 Å². The summed E-state index contributed by atoms with van der Waals surface area (Å²) in [5.41, 5.74) is 6.92. The lowest BCUT2D eigenvalue weighted by molar-refractivity contribution is -0.141. The molecule has 0 radical (unpaired) electrons. The second kappa shape index (κ2) is 5.65. The van der Waals surface area contributed by atoms with Crippen LogP contribution in [0, 0.1) is 5.92 Å². The zero-order valence-electron chi connectivity index (χ0n) is 10.0. The minimum Gasteiger partial charge on any atom is -0.468 e. The van der Waals surface area contributed by atoms with Gasteiger partial charge in [-0.3, -0.25) is 4.79 Å². The number of carbonyl (C=O) groups is 1. The highest BCUT2D eigenvalue weighted by atomic mass is 16.5. The predicted molar refractivity (Wildman–Crippen MR) is 60.6 cm³/mol. The number of hydrogen-bond donors (Lipinski definition) is 1. The third-order valence-electron chi connectivity index (χ3n) is 2.38. The molecule has 0 saturated heterocycles. The summed E-state index contributed by atoms with van der Waals surface area (Å²) >= 11 is 0. The molecule has 5 nitrogen and oxygen atoms in total. The van der Waals surface area contributed by atoms with E-state index in [0.717, 1.165) is 12.1 Å². The van der Waals surface area contributed by atoms with Gasteiger partial charge >= 0.3 is 5.97 Å². The highest BCUT2D eigenvalue weighted by Gasteiger charge is 2.14. The molecule has 90 valence electrons. The largest absolute Gasteiger partial charge is 0.468 e. The lowest BCUT2D eigenvalue weighted by Crippen LogP contribution is -2.20. The van der Waals surface area contributed by atoms with Crippen molar-refractivity contribution >= 4 is 5.97 Å². The maximum Gasteiger partial charge on any atom is 0.325 e. The van der Waals surface area contributed by atoms with Crippen LogP contribution in [0.4, 0.5) is 0 Å². The number of nitrogens with zero attached hydrogens (tertiary/aromatic N) is 2. The van der Waals surface area contributed by atoms with E-state index < -0.39 is 0 Å². The topological polar surface area (TPSA) is 70.1 Å². The summed E-state index contributed by atoms with van der Waals surface area (Å²) in [5.74, 6) is 0.215. The number of ether oxygens (including phenoxy) is 1. The van der Waals surface area contributed by atoms with Crippen LogP contribution in [0.2, 0.25) is 0 Å². The summed E-state index contributed by atoms with van der Waals surface area (Å²) in [6.45, 7) is 4.39. The summed E-state index contributed by atoms with van der Waals surface area (Å²) < 4.78 is 6.35. The molecule has 0 fully saturated rings. The van der Waals surface area contributed by atoms with Crippen LogP contribution in [0.15, 0.2) is 12.5 Å². The fraction of sp³-hybridized carbons (Fsp3) is 0.636. The zero-order valence-corrected chi connectivity index (χ0v) is 10.0. The van der Waals surface area contributed by atoms with Crippen molar-refractivity contribution in [2.45, 2.75) is 32.9 Å². The number of rotatable bonds is 5. The third-order valence-corrected chi connectivity index (χ3v) is 2.38. The number of methoxy groups -OCH3 is 1. The lowest BCUT2D eigenvalue weighted by Gasteiger charge is -2.15. The quantitative estimate of drug-likeness (QED) is 0.762. The Kier molecular flexibility index (Phi) is 4.49. The third kappa shape index (κ3) is 3.34. The molecule has 0 aliphatic carbocycles. The fourth-order valence-electron chi connectivity index (χ4n) is 1.60. The standard InChI is InChI=1S/C11H19N3O2/c1-8(2)4-9(12)10-5-13-7-14(10)6-11(15)16-3/h5,7-9H,4,6,12H2,1-3H3. The van der Waals surface area contributed by atoms with Crippen molar-refractivity contribution in [3.05, 3.63) is 18.2 Å². The van der Waals surface area contributed by atoms with Crippen LogP contribution in [0.25, 0.3) is 0 Å². The number of carbonyl (C=O) groups excluding carboxylic acids is 1. The average molecular weight is 225 g/mol. The van der Waals surface area contributed by atoms with Gasteiger partial charge in [0.05, 0.1) is 19.1 Å². The highest BCUT2D eigenvalue weighted by Crippen LogP contribution is 2.18. The van der Waals surface area contributed by atoms with E-state index in [0.29, 0.717) is 5.92 Å². The Balaban J connectivity index is 2.73. The molecule has 1 aromatic heterocycles. The Bertz CT molecular complexity index is 347. The zero-order chi connectivity index (χ0) is 12.1. The van der Waals surface area contributed by atoms with Gasteiger partial charge in [0.1, 0.15) is 6.54 Å². The molecule has 0 amide bonds. The molecule has 0 spiro atoms. The molecule has 1 heterocycles. The van der Waals surface area contributed by atoms with E-state index in [1.54, 1.807) is 17.1 Å². The molecule has 16 heavy (non-hydrogen) atoms. The summed E-state index contributed by atoms with van der Waals surface area (Å²) in [5, 5.41) is 0. The van der Waals surface area contributed by atoms with Gasteiger partial charge in [-0.15, -0.1) is 0 Å². The van der Waals surface area contributed by atoms with Crippen molar-refractivity contribution in [1.29, 1.82) is 0 Å². The van der Waals surface area contributed by atoms with E-state index in [1.807, 2.05) is 0 Å². The number of esters is 1. The van der Waals surface area contributed by atoms with Crippen molar-refractivity contribution in [2.75, 3.05) is 7.11 Å². The van der Waals surface area contributed by atoms with E-state index in [1.165, 1.54) is 7.11 Å². The smallest absolute Gasteiger partial charge is 0.325 e. The number of imidazole rings is 1. The van der Waals surface area contributed by atoms with Gasteiger partial charge in [-0.25, -0.2) is 4.98 Å². The van der Waals surface area contributed by atoms with Crippen molar-refractivity contribution in [2.24, 2.45) is 11.7 Å². The molecule has 0 bridgehead atoms. The molecular formula is C11H19N3O2. The highest BCUT2D eigenvalue weighted by molar-refractivity contribution is 5.69. The van der Waals surface area contributed by atoms with Gasteiger partial charge in [0, 0.05) is 12.2 Å². The van der Waals surface area contributed by atoms with Crippen molar-refractivity contribution in [3.8, 4) is 0 Å². The van der Waals surface area contributed by atoms with Crippen molar-refractivity contribution in [1.82, 2.24) is 9.55 Å². The molecular weight excluding hydrogens is 206 g/mol. The predicted octanol–water partition coefficient (Wildman–Crippen LogP) is 1.10. The summed E-state index contributed by atoms with van der Waals surface area (Å²) in [4.78, 5) is 15.2. The van der Waals surface area contributed by atoms with Gasteiger partial charge < -0.3 is 15.0 Å². The molecule has 5 heteroatoms. The molecule has 1 atom stereocenters. The molecule has 2 N–H and O–H groups in total. The Hall–Kier alpha value is -1.36. The first-order valence-electron chi connectivity index (χ1n) is 5.37. The first kappa shape index (κ1) is 12.7. The minimum atomic E-state index is -0.295. The van der Waals surface area contributed by atoms with E-state index in [2.05, 4.69) is 23.6 Å². The van der Waals surface area contributed by atoms with Gasteiger partial charge in [-0.05, 0) is 12.3 Å². The number of hydrogen-bond acceptors (Lipinski definition) is 4. The van der Waals surface area contributed by atoms with Gasteiger partial charge in [0.2, 0.25) is 0 Å². The summed E-state index contributed by atoms with van der Waals surface area (Å²) in [6, 6.07) is -0.0906. The fourth-order valence-corrected chi connectivity index (χ4v) is 1.60. The molecule has 0 aromatic carbocycles. The Morgan fingerprint density at radius 3 is 2.88 bits per heavy atom. The molecule has 1 rings (SSSR count). The Morgan fingerprint density at radius 1 is 1.62 bits per heavy atom. The normalized spacial score (nSPS) is 12.8. The molecule has 0 saturated carbocycles. The average Bonchev–Trinajstić information content (AvgIpc) is 2.64. The number of nitrogens with two attached hydrogens (primary N) is 1. The minimum absolute atomic E-state index is 0.0906.